The molecule has 6 aromatic carbocycles. The highest BCUT2D eigenvalue weighted by Crippen LogP contribution is 2.46. The summed E-state index contributed by atoms with van der Waals surface area (Å²) in [5.41, 5.74) is 20.5. The molecule has 12 bridgehead atoms. The minimum absolute atomic E-state index is 0.154. The first kappa shape index (κ1) is 88.9. The summed E-state index contributed by atoms with van der Waals surface area (Å²) >= 11 is 0. The number of ether oxygens (including phenoxy) is 6. The lowest BCUT2D eigenvalue weighted by Gasteiger charge is -2.27. The van der Waals surface area contributed by atoms with Crippen LogP contribution in [0.15, 0.2) is 202 Å². The molecule has 0 fully saturated rings. The molecule has 0 saturated carbocycles. The molecule has 0 aliphatic heterocycles. The summed E-state index contributed by atoms with van der Waals surface area (Å²) in [6, 6.07) is 45.0. The molecule has 9 heterocycles. The molecular weight excluding hydrogens is 1620 g/mol. The molecule has 27 heteroatoms. The quantitative estimate of drug-likeness (QED) is 0.0464. The summed E-state index contributed by atoms with van der Waals surface area (Å²) in [6.07, 6.45) is 24.8. The zero-order chi connectivity index (χ0) is 90.4. The summed E-state index contributed by atoms with van der Waals surface area (Å²) in [6.45, 7) is 24.2. The third kappa shape index (κ3) is 21.0. The molecule has 15 aromatic rings. The van der Waals surface area contributed by atoms with E-state index in [4.69, 9.17) is 74.3 Å². The second-order valence-electron chi connectivity index (χ2n) is 37.2. The number of aromatic nitrogens is 18. The van der Waals surface area contributed by atoms with E-state index in [1.807, 2.05) is 178 Å². The predicted molar refractivity (Wildman–Crippen MR) is 497 cm³/mol. The van der Waals surface area contributed by atoms with Gasteiger partial charge in [0, 0.05) is 188 Å². The number of nitrogens with zero attached hydrogens (tertiary/aromatic N) is 21. The minimum Gasteiger partial charge on any atom is -0.496 e. The molecule has 0 amide bonds. The number of pyridine rings is 3. The van der Waals surface area contributed by atoms with Crippen molar-refractivity contribution in [3.63, 3.8) is 0 Å². The van der Waals surface area contributed by atoms with E-state index in [9.17, 15) is 0 Å². The molecule has 1 aliphatic rings. The molecular formula is C102H117N21O6. The number of aryl methyl sites for hydroxylation is 3. The Labute approximate surface area is 755 Å². The monoisotopic (exact) mass is 1730 g/mol. The summed E-state index contributed by atoms with van der Waals surface area (Å²) in [5, 5.41) is 29.6. The number of rotatable bonds is 27. The van der Waals surface area contributed by atoms with Crippen LogP contribution in [0.4, 0.5) is 0 Å². The normalized spacial score (nSPS) is 12.7. The second kappa shape index (κ2) is 38.2. The highest BCUT2D eigenvalue weighted by molar-refractivity contribution is 5.63. The van der Waals surface area contributed by atoms with E-state index in [1.54, 1.807) is 21.3 Å². The van der Waals surface area contributed by atoms with Crippen molar-refractivity contribution in [2.24, 2.45) is 21.1 Å². The zero-order valence-electron chi connectivity index (χ0n) is 77.5. The predicted octanol–water partition coefficient (Wildman–Crippen LogP) is 16.2. The molecule has 1 aliphatic carbocycles. The van der Waals surface area contributed by atoms with Crippen molar-refractivity contribution in [1.82, 2.24) is 103 Å². The van der Waals surface area contributed by atoms with Gasteiger partial charge in [0.1, 0.15) is 71.8 Å². The smallest absolute Gasteiger partial charge is 0.146 e. The molecule has 16 rings (SSSR count). The van der Waals surface area contributed by atoms with Crippen molar-refractivity contribution in [2.45, 2.75) is 176 Å². The molecule has 0 saturated heterocycles. The molecule has 0 radical (unpaired) electrons. The van der Waals surface area contributed by atoms with E-state index in [2.05, 4.69) is 186 Å². The first-order valence-corrected chi connectivity index (χ1v) is 43.9. The Hall–Kier alpha value is -13.5. The lowest BCUT2D eigenvalue weighted by atomic mass is 9.81. The maximum Gasteiger partial charge on any atom is 0.146 e. The molecule has 0 atom stereocenters. The van der Waals surface area contributed by atoms with Crippen LogP contribution >= 0.6 is 0 Å². The van der Waals surface area contributed by atoms with Gasteiger partial charge >= 0.3 is 0 Å². The van der Waals surface area contributed by atoms with Crippen LogP contribution in [0.1, 0.15) is 197 Å². The minimum atomic E-state index is -0.382. The van der Waals surface area contributed by atoms with Gasteiger partial charge < -0.3 is 42.1 Å². The maximum atomic E-state index is 7.51. The van der Waals surface area contributed by atoms with Crippen LogP contribution in [0.2, 0.25) is 0 Å². The van der Waals surface area contributed by atoms with Gasteiger partial charge in [-0.05, 0) is 160 Å². The van der Waals surface area contributed by atoms with Gasteiger partial charge in [-0.15, -0.1) is 15.3 Å². The standard InChI is InChI=1S/C102H117N21O6/c1-100(2,3)79-43-67-37-73-49-88(121-61-85(109-112-121)58-115(10)55-82-25-19-22-28-103-82)51-75(94(73)124-16)39-69-45-80(101(4,5)6)47-71(98(69)128-65-92-107-32-35-119(92)14)41-77-53-90(123-63-87(111-114-123)60-117(12)57-84-27-21-24-30-105-84)54-78(96(77)126-18)42-72-48-81(102(7,8)9)46-70(99(72)129-66-93-108-33-36-120(93)15)40-76-52-89(122-62-86(110-113-122)59-116(11)56-83-26-20-23-29-104-83)50-74(95(76)125-17)38-68(44-79)97(67)127-64-91-106-31-34-118(91)13/h19-36,43-54,61-63H,37-42,55-60,64-66H2,1-18H3. The fourth-order valence-electron chi connectivity index (χ4n) is 17.1. The van der Waals surface area contributed by atoms with E-state index in [-0.39, 0.29) is 36.1 Å². The van der Waals surface area contributed by atoms with Gasteiger partial charge in [-0.2, -0.15) is 0 Å². The lowest BCUT2D eigenvalue weighted by molar-refractivity contribution is 0.286. The van der Waals surface area contributed by atoms with Crippen LogP contribution in [0, 0.1) is 0 Å². The average Bonchev–Trinajstić information content (AvgIpc) is 1.73. The van der Waals surface area contributed by atoms with E-state index in [1.165, 1.54) is 0 Å². The van der Waals surface area contributed by atoms with E-state index in [0.717, 1.165) is 152 Å². The average molecular weight is 1730 g/mol. The number of benzene rings is 6. The first-order chi connectivity index (χ1) is 62.0. The number of fused-ring (bicyclic) bond motifs is 12. The van der Waals surface area contributed by atoms with Crippen molar-refractivity contribution >= 4 is 0 Å². The van der Waals surface area contributed by atoms with Crippen LogP contribution in [-0.2, 0) is 135 Å². The molecule has 27 nitrogen and oxygen atoms in total. The third-order valence-corrected chi connectivity index (χ3v) is 23.9. The summed E-state index contributed by atoms with van der Waals surface area (Å²) in [4.78, 5) is 35.1. The van der Waals surface area contributed by atoms with Gasteiger partial charge in [0.25, 0.3) is 0 Å². The number of hydrogen-bond acceptors (Lipinski definition) is 21. The van der Waals surface area contributed by atoms with Crippen LogP contribution in [0.5, 0.6) is 34.5 Å². The van der Waals surface area contributed by atoms with Gasteiger partial charge in [0.05, 0.1) is 91.1 Å². The van der Waals surface area contributed by atoms with Gasteiger partial charge in [0.2, 0.25) is 0 Å². The van der Waals surface area contributed by atoms with Gasteiger partial charge in [-0.3, -0.25) is 29.7 Å². The zero-order valence-corrected chi connectivity index (χ0v) is 77.5. The Morgan fingerprint density at radius 2 is 0.527 bits per heavy atom. The topological polar surface area (TPSA) is 249 Å². The Kier molecular flexibility index (Phi) is 26.3. The van der Waals surface area contributed by atoms with Crippen LogP contribution in [0.3, 0.4) is 0 Å². The summed E-state index contributed by atoms with van der Waals surface area (Å²) in [5.74, 6) is 6.37. The Morgan fingerprint density at radius 3 is 0.729 bits per heavy atom. The van der Waals surface area contributed by atoms with Crippen molar-refractivity contribution in [2.75, 3.05) is 42.5 Å². The number of hydrogen-bond donors (Lipinski definition) is 0. The molecule has 0 N–H and O–H groups in total. The number of methoxy groups -OCH3 is 3. The molecule has 129 heavy (non-hydrogen) atoms. The Bertz CT molecular complexity index is 5670. The SMILES string of the molecule is COc1c2cc(-n3cc(CN(C)Cc4ccccn4)nn3)cc1Cc1cc(C(C)(C)C)cc(c1OCc1nccn1C)Cc1cc(-n3cc(CN(C)Cc4ccccn4)nn3)cc(c1OC)Cc1cc(C(C)(C)C)cc(c1OCc1nccn1C)Cc1cc(-n3cc(CN(C)Cc4ccccn4)nn3)cc(c1OC)Cc1cc(C(C)(C)C)cc(c1OCc1nccn1C)C2. The molecule has 0 unspecified atom stereocenters. The van der Waals surface area contributed by atoms with Crippen LogP contribution < -0.4 is 28.4 Å². The Balaban J connectivity index is 0.966. The number of imidazole rings is 3. The van der Waals surface area contributed by atoms with Gasteiger partial charge in [0.15, 0.2) is 0 Å². The summed E-state index contributed by atoms with van der Waals surface area (Å²) < 4.78 is 55.2. The van der Waals surface area contributed by atoms with Gasteiger partial charge in [-0.25, -0.2) is 29.0 Å². The van der Waals surface area contributed by atoms with E-state index >= 15 is 0 Å². The fraction of sp³-hybridized carbons (Fsp3) is 0.353. The second-order valence-corrected chi connectivity index (χ2v) is 37.2. The van der Waals surface area contributed by atoms with Crippen molar-refractivity contribution in [3.8, 4) is 51.6 Å². The first-order valence-electron chi connectivity index (χ1n) is 43.9. The van der Waals surface area contributed by atoms with Crippen LogP contribution in [-0.4, -0.2) is 146 Å². The van der Waals surface area contributed by atoms with E-state index in [0.29, 0.717) is 112 Å². The Morgan fingerprint density at radius 1 is 0.295 bits per heavy atom. The molecule has 0 spiro atoms. The van der Waals surface area contributed by atoms with Crippen molar-refractivity contribution < 1.29 is 28.4 Å². The molecule has 9 aromatic heterocycles. The maximum absolute atomic E-state index is 7.51. The third-order valence-electron chi connectivity index (χ3n) is 23.9. The highest BCUT2D eigenvalue weighted by atomic mass is 16.5. The van der Waals surface area contributed by atoms with Crippen LogP contribution in [0.25, 0.3) is 17.1 Å². The largest absolute Gasteiger partial charge is 0.496 e. The summed E-state index contributed by atoms with van der Waals surface area (Å²) in [7, 11) is 17.5. The highest BCUT2D eigenvalue weighted by Gasteiger charge is 2.32. The fourth-order valence-corrected chi connectivity index (χ4v) is 17.1. The van der Waals surface area contributed by atoms with E-state index < -0.39 is 0 Å². The van der Waals surface area contributed by atoms with Crippen molar-refractivity contribution in [3.05, 3.63) is 337 Å². The van der Waals surface area contributed by atoms with Gasteiger partial charge in [-0.1, -0.05) is 133 Å². The van der Waals surface area contributed by atoms with Crippen molar-refractivity contribution in [1.29, 1.82) is 0 Å². The molecule has 666 valence electrons. The lowest BCUT2D eigenvalue weighted by Crippen LogP contribution is -2.18.